The lowest BCUT2D eigenvalue weighted by Gasteiger charge is -2.35. The van der Waals surface area contributed by atoms with Crippen LogP contribution in [0.5, 0.6) is 5.75 Å². The van der Waals surface area contributed by atoms with E-state index in [0.29, 0.717) is 31.9 Å². The van der Waals surface area contributed by atoms with Gasteiger partial charge < -0.3 is 20.3 Å². The summed E-state index contributed by atoms with van der Waals surface area (Å²) in [6.45, 7) is 5.96. The average Bonchev–Trinajstić information content (AvgIpc) is 2.61. The topological polar surface area (TPSA) is 75.9 Å². The molecule has 0 bridgehead atoms. The van der Waals surface area contributed by atoms with Crippen LogP contribution in [0.2, 0.25) is 0 Å². The fourth-order valence-corrected chi connectivity index (χ4v) is 2.62. The van der Waals surface area contributed by atoms with Gasteiger partial charge in [-0.25, -0.2) is 0 Å². The predicted molar refractivity (Wildman–Crippen MR) is 95.4 cm³/mol. The van der Waals surface area contributed by atoms with Gasteiger partial charge >= 0.3 is 0 Å². The van der Waals surface area contributed by atoms with E-state index < -0.39 is 6.10 Å². The molecule has 1 unspecified atom stereocenters. The standard InChI is InChI=1S/C17H25N3O3.ClH/c1-3-14-4-6-15(7-5-14)23-13(2)17(22)20-10-8-19(9-11-20)16(21)12-18;/h4-7,13H,3,8-12,18H2,1-2H3;1H. The summed E-state index contributed by atoms with van der Waals surface area (Å²) < 4.78 is 5.73. The van der Waals surface area contributed by atoms with Gasteiger partial charge in [-0.05, 0) is 31.0 Å². The number of nitrogens with zero attached hydrogens (tertiary/aromatic N) is 2. The van der Waals surface area contributed by atoms with E-state index in [1.54, 1.807) is 16.7 Å². The second-order valence-electron chi connectivity index (χ2n) is 5.67. The summed E-state index contributed by atoms with van der Waals surface area (Å²) in [4.78, 5) is 27.4. The lowest BCUT2D eigenvalue weighted by molar-refractivity contribution is -0.143. The summed E-state index contributed by atoms with van der Waals surface area (Å²) in [6.07, 6.45) is 0.430. The molecular formula is C17H26ClN3O3. The maximum Gasteiger partial charge on any atom is 0.263 e. The lowest BCUT2D eigenvalue weighted by atomic mass is 10.2. The van der Waals surface area contributed by atoms with Gasteiger partial charge in [0.1, 0.15) is 5.75 Å². The molecule has 0 aliphatic carbocycles. The Labute approximate surface area is 149 Å². The second-order valence-corrected chi connectivity index (χ2v) is 5.67. The highest BCUT2D eigenvalue weighted by Gasteiger charge is 2.27. The maximum atomic E-state index is 12.4. The fourth-order valence-electron chi connectivity index (χ4n) is 2.62. The molecule has 0 saturated carbocycles. The number of hydrogen-bond acceptors (Lipinski definition) is 4. The van der Waals surface area contributed by atoms with Crippen LogP contribution in [-0.4, -0.2) is 60.4 Å². The first-order valence-electron chi connectivity index (χ1n) is 8.07. The molecule has 0 radical (unpaired) electrons. The largest absolute Gasteiger partial charge is 0.481 e. The summed E-state index contributed by atoms with van der Waals surface area (Å²) >= 11 is 0. The molecule has 2 N–H and O–H groups in total. The molecule has 1 aliphatic rings. The Morgan fingerprint density at radius 2 is 1.67 bits per heavy atom. The fraction of sp³-hybridized carbons (Fsp3) is 0.529. The average molecular weight is 356 g/mol. The molecule has 1 heterocycles. The van der Waals surface area contributed by atoms with Crippen LogP contribution >= 0.6 is 12.4 Å². The van der Waals surface area contributed by atoms with Crippen LogP contribution in [0.4, 0.5) is 0 Å². The first-order valence-corrected chi connectivity index (χ1v) is 8.07. The summed E-state index contributed by atoms with van der Waals surface area (Å²) in [7, 11) is 0. The lowest BCUT2D eigenvalue weighted by Crippen LogP contribution is -2.54. The van der Waals surface area contributed by atoms with E-state index in [9.17, 15) is 9.59 Å². The normalized spacial score (nSPS) is 15.5. The van der Waals surface area contributed by atoms with Crippen LogP contribution in [0.1, 0.15) is 19.4 Å². The van der Waals surface area contributed by atoms with E-state index >= 15 is 0 Å². The van der Waals surface area contributed by atoms with E-state index in [4.69, 9.17) is 10.5 Å². The highest BCUT2D eigenvalue weighted by Crippen LogP contribution is 2.15. The van der Waals surface area contributed by atoms with Crippen LogP contribution in [0.25, 0.3) is 0 Å². The van der Waals surface area contributed by atoms with Gasteiger partial charge in [0.05, 0.1) is 6.54 Å². The van der Waals surface area contributed by atoms with Crippen LogP contribution < -0.4 is 10.5 Å². The Morgan fingerprint density at radius 3 is 2.17 bits per heavy atom. The van der Waals surface area contributed by atoms with E-state index in [1.807, 2.05) is 24.3 Å². The molecule has 24 heavy (non-hydrogen) atoms. The van der Waals surface area contributed by atoms with Gasteiger partial charge in [0.15, 0.2) is 6.10 Å². The Balaban J connectivity index is 0.00000288. The van der Waals surface area contributed by atoms with Crippen molar-refractivity contribution < 1.29 is 14.3 Å². The van der Waals surface area contributed by atoms with Crippen molar-refractivity contribution in [2.75, 3.05) is 32.7 Å². The van der Waals surface area contributed by atoms with Crippen LogP contribution in [0.15, 0.2) is 24.3 Å². The number of halogens is 1. The second kappa shape index (κ2) is 9.49. The van der Waals surface area contributed by atoms with Crippen molar-refractivity contribution in [1.29, 1.82) is 0 Å². The van der Waals surface area contributed by atoms with Crippen molar-refractivity contribution in [1.82, 2.24) is 9.80 Å². The number of carbonyl (C=O) groups excluding carboxylic acids is 2. The molecule has 7 heteroatoms. The number of hydrogen-bond donors (Lipinski definition) is 1. The molecule has 2 amide bonds. The maximum absolute atomic E-state index is 12.4. The summed E-state index contributed by atoms with van der Waals surface area (Å²) in [5.74, 6) is 0.571. The van der Waals surface area contributed by atoms with E-state index in [2.05, 4.69) is 6.92 Å². The van der Waals surface area contributed by atoms with Gasteiger partial charge in [-0.2, -0.15) is 0 Å². The zero-order valence-electron chi connectivity index (χ0n) is 14.2. The Kier molecular flexibility index (Phi) is 8.01. The summed E-state index contributed by atoms with van der Waals surface area (Å²) in [6, 6.07) is 7.79. The predicted octanol–water partition coefficient (Wildman–Crippen LogP) is 1.07. The first-order chi connectivity index (χ1) is 11.0. The number of ether oxygens (including phenoxy) is 1. The molecule has 2 rings (SSSR count). The molecule has 6 nitrogen and oxygen atoms in total. The van der Waals surface area contributed by atoms with Crippen LogP contribution in [-0.2, 0) is 16.0 Å². The SMILES string of the molecule is CCc1ccc(OC(C)C(=O)N2CCN(C(=O)CN)CC2)cc1.Cl. The Bertz CT molecular complexity index is 543. The van der Waals surface area contributed by atoms with E-state index in [-0.39, 0.29) is 30.8 Å². The quantitative estimate of drug-likeness (QED) is 0.857. The van der Waals surface area contributed by atoms with E-state index in [0.717, 1.165) is 6.42 Å². The van der Waals surface area contributed by atoms with Gasteiger partial charge in [0, 0.05) is 26.2 Å². The molecule has 1 saturated heterocycles. The minimum absolute atomic E-state index is 0. The van der Waals surface area contributed by atoms with Crippen molar-refractivity contribution in [3.63, 3.8) is 0 Å². The van der Waals surface area contributed by atoms with Crippen LogP contribution in [0.3, 0.4) is 0 Å². The molecule has 1 aromatic carbocycles. The minimum atomic E-state index is -0.542. The highest BCUT2D eigenvalue weighted by molar-refractivity contribution is 5.85. The molecule has 1 aromatic rings. The third-order valence-electron chi connectivity index (χ3n) is 4.11. The third kappa shape index (κ3) is 5.11. The van der Waals surface area contributed by atoms with Crippen molar-refractivity contribution in [3.8, 4) is 5.75 Å². The van der Waals surface area contributed by atoms with Gasteiger partial charge in [-0.3, -0.25) is 9.59 Å². The number of aryl methyl sites for hydroxylation is 1. The molecule has 0 aromatic heterocycles. The van der Waals surface area contributed by atoms with Crippen molar-refractivity contribution in [2.24, 2.45) is 5.73 Å². The first kappa shape index (κ1) is 20.3. The van der Waals surface area contributed by atoms with Gasteiger partial charge in [-0.15, -0.1) is 12.4 Å². The smallest absolute Gasteiger partial charge is 0.263 e. The molecule has 1 atom stereocenters. The van der Waals surface area contributed by atoms with Crippen molar-refractivity contribution in [2.45, 2.75) is 26.4 Å². The van der Waals surface area contributed by atoms with Gasteiger partial charge in [-0.1, -0.05) is 19.1 Å². The number of benzene rings is 1. The molecular weight excluding hydrogens is 330 g/mol. The Morgan fingerprint density at radius 1 is 1.12 bits per heavy atom. The molecule has 1 fully saturated rings. The van der Waals surface area contributed by atoms with Crippen LogP contribution in [0, 0.1) is 0 Å². The molecule has 1 aliphatic heterocycles. The number of carbonyl (C=O) groups is 2. The monoisotopic (exact) mass is 355 g/mol. The van der Waals surface area contributed by atoms with Gasteiger partial charge in [0.2, 0.25) is 5.91 Å². The number of nitrogens with two attached hydrogens (primary N) is 1. The molecule has 0 spiro atoms. The van der Waals surface area contributed by atoms with E-state index in [1.165, 1.54) is 5.56 Å². The zero-order valence-corrected chi connectivity index (χ0v) is 15.1. The van der Waals surface area contributed by atoms with Crippen molar-refractivity contribution >= 4 is 24.2 Å². The third-order valence-corrected chi connectivity index (χ3v) is 4.11. The Hall–Kier alpha value is -1.79. The number of rotatable bonds is 5. The number of amides is 2. The zero-order chi connectivity index (χ0) is 16.8. The summed E-state index contributed by atoms with van der Waals surface area (Å²) in [5.41, 5.74) is 6.59. The van der Waals surface area contributed by atoms with Crippen molar-refractivity contribution in [3.05, 3.63) is 29.8 Å². The highest BCUT2D eigenvalue weighted by atomic mass is 35.5. The van der Waals surface area contributed by atoms with Gasteiger partial charge in [0.25, 0.3) is 5.91 Å². The molecule has 134 valence electrons. The minimum Gasteiger partial charge on any atom is -0.481 e. The summed E-state index contributed by atoms with van der Waals surface area (Å²) in [5, 5.41) is 0. The number of piperazine rings is 1.